The molecule has 0 aromatic heterocycles. The molecule has 1 nitrogen and oxygen atoms in total. The molecule has 82 valence electrons. The van der Waals surface area contributed by atoms with Crippen molar-refractivity contribution in [2.45, 2.75) is 38.8 Å². The molecule has 15 heavy (non-hydrogen) atoms. The van der Waals surface area contributed by atoms with Gasteiger partial charge in [0.25, 0.3) is 0 Å². The normalized spacial score (nSPS) is 22.9. The van der Waals surface area contributed by atoms with Crippen LogP contribution in [0.15, 0.2) is 24.3 Å². The largest absolute Gasteiger partial charge is 0.296 e. The van der Waals surface area contributed by atoms with E-state index in [1.165, 1.54) is 31.4 Å². The van der Waals surface area contributed by atoms with Gasteiger partial charge in [-0.05, 0) is 37.9 Å². The van der Waals surface area contributed by atoms with Gasteiger partial charge in [-0.25, -0.2) is 0 Å². The van der Waals surface area contributed by atoms with Crippen LogP contribution in [-0.2, 0) is 6.54 Å². The summed E-state index contributed by atoms with van der Waals surface area (Å²) in [5.41, 5.74) is 1.26. The first kappa shape index (κ1) is 11.0. The van der Waals surface area contributed by atoms with Crippen molar-refractivity contribution in [1.29, 1.82) is 0 Å². The SMILES string of the molecule is C[C@H]1CCCCN1Cc1ccccc1Cl. The third-order valence-electron chi connectivity index (χ3n) is 3.27. The van der Waals surface area contributed by atoms with Gasteiger partial charge in [0, 0.05) is 17.6 Å². The number of nitrogens with zero attached hydrogens (tertiary/aromatic N) is 1. The maximum atomic E-state index is 6.16. The van der Waals surface area contributed by atoms with Gasteiger partial charge in [0.1, 0.15) is 0 Å². The van der Waals surface area contributed by atoms with Gasteiger partial charge in [-0.3, -0.25) is 4.90 Å². The molecule has 1 aromatic rings. The van der Waals surface area contributed by atoms with E-state index in [0.717, 1.165) is 11.6 Å². The van der Waals surface area contributed by atoms with E-state index in [-0.39, 0.29) is 0 Å². The molecule has 1 aliphatic rings. The van der Waals surface area contributed by atoms with Crippen LogP contribution in [0.1, 0.15) is 31.7 Å². The first-order valence-corrected chi connectivity index (χ1v) is 6.12. The average Bonchev–Trinajstić information content (AvgIpc) is 2.24. The molecule has 1 saturated heterocycles. The van der Waals surface area contributed by atoms with Crippen LogP contribution in [0.5, 0.6) is 0 Å². The van der Waals surface area contributed by atoms with Gasteiger partial charge in [0.15, 0.2) is 0 Å². The van der Waals surface area contributed by atoms with Gasteiger partial charge in [-0.2, -0.15) is 0 Å². The number of piperidine rings is 1. The van der Waals surface area contributed by atoms with Gasteiger partial charge in [0.05, 0.1) is 0 Å². The van der Waals surface area contributed by atoms with Crippen LogP contribution in [0.25, 0.3) is 0 Å². The summed E-state index contributed by atoms with van der Waals surface area (Å²) in [7, 11) is 0. The lowest BCUT2D eigenvalue weighted by Crippen LogP contribution is -2.36. The van der Waals surface area contributed by atoms with Crippen molar-refractivity contribution in [1.82, 2.24) is 4.90 Å². The fourth-order valence-electron chi connectivity index (χ4n) is 2.24. The van der Waals surface area contributed by atoms with E-state index in [0.29, 0.717) is 6.04 Å². The Morgan fingerprint density at radius 3 is 2.87 bits per heavy atom. The average molecular weight is 224 g/mol. The second-order valence-electron chi connectivity index (χ2n) is 4.41. The molecule has 0 amide bonds. The van der Waals surface area contributed by atoms with E-state index in [1.54, 1.807) is 0 Å². The van der Waals surface area contributed by atoms with Crippen LogP contribution in [-0.4, -0.2) is 17.5 Å². The molecule has 1 aromatic carbocycles. The molecule has 1 heterocycles. The van der Waals surface area contributed by atoms with Crippen molar-refractivity contribution in [2.24, 2.45) is 0 Å². The third-order valence-corrected chi connectivity index (χ3v) is 3.64. The Kier molecular flexibility index (Phi) is 3.66. The maximum absolute atomic E-state index is 6.16. The minimum Gasteiger partial charge on any atom is -0.296 e. The van der Waals surface area contributed by atoms with Gasteiger partial charge >= 0.3 is 0 Å². The van der Waals surface area contributed by atoms with E-state index in [9.17, 15) is 0 Å². The molecule has 1 atom stereocenters. The quantitative estimate of drug-likeness (QED) is 0.739. The van der Waals surface area contributed by atoms with E-state index in [1.807, 2.05) is 12.1 Å². The molecular weight excluding hydrogens is 206 g/mol. The zero-order valence-corrected chi connectivity index (χ0v) is 10.0. The lowest BCUT2D eigenvalue weighted by atomic mass is 10.0. The van der Waals surface area contributed by atoms with Gasteiger partial charge in [-0.1, -0.05) is 36.2 Å². The zero-order valence-electron chi connectivity index (χ0n) is 9.25. The van der Waals surface area contributed by atoms with Crippen molar-refractivity contribution >= 4 is 11.6 Å². The Labute approximate surface area is 97.0 Å². The molecule has 0 bridgehead atoms. The van der Waals surface area contributed by atoms with Crippen LogP contribution in [0.3, 0.4) is 0 Å². The Hall–Kier alpha value is -0.530. The second-order valence-corrected chi connectivity index (χ2v) is 4.81. The Morgan fingerprint density at radius 1 is 1.33 bits per heavy atom. The van der Waals surface area contributed by atoms with Crippen molar-refractivity contribution in [3.05, 3.63) is 34.9 Å². The summed E-state index contributed by atoms with van der Waals surface area (Å²) in [4.78, 5) is 2.53. The highest BCUT2D eigenvalue weighted by Crippen LogP contribution is 2.22. The molecule has 0 radical (unpaired) electrons. The molecular formula is C13H18ClN. The lowest BCUT2D eigenvalue weighted by molar-refractivity contribution is 0.152. The molecule has 0 aliphatic carbocycles. The van der Waals surface area contributed by atoms with Crippen LogP contribution < -0.4 is 0 Å². The van der Waals surface area contributed by atoms with Crippen molar-refractivity contribution in [3.63, 3.8) is 0 Å². The monoisotopic (exact) mass is 223 g/mol. The predicted molar refractivity (Wildman–Crippen MR) is 65.2 cm³/mol. The molecule has 0 spiro atoms. The number of halogens is 1. The summed E-state index contributed by atoms with van der Waals surface area (Å²) in [6, 6.07) is 8.87. The standard InChI is InChI=1S/C13H18ClN/c1-11-6-4-5-9-15(11)10-12-7-2-3-8-13(12)14/h2-3,7-8,11H,4-6,9-10H2,1H3/t11-/m0/s1. The summed E-state index contributed by atoms with van der Waals surface area (Å²) in [5, 5.41) is 0.898. The van der Waals surface area contributed by atoms with E-state index < -0.39 is 0 Å². The van der Waals surface area contributed by atoms with Crippen molar-refractivity contribution in [3.8, 4) is 0 Å². The Morgan fingerprint density at radius 2 is 2.13 bits per heavy atom. The van der Waals surface area contributed by atoms with Crippen molar-refractivity contribution in [2.75, 3.05) is 6.54 Å². The molecule has 0 unspecified atom stereocenters. The van der Waals surface area contributed by atoms with Crippen LogP contribution in [0.4, 0.5) is 0 Å². The van der Waals surface area contributed by atoms with Gasteiger partial charge < -0.3 is 0 Å². The lowest BCUT2D eigenvalue weighted by Gasteiger charge is -2.33. The zero-order chi connectivity index (χ0) is 10.7. The highest BCUT2D eigenvalue weighted by Gasteiger charge is 2.18. The number of rotatable bonds is 2. The molecule has 2 rings (SSSR count). The molecule has 1 fully saturated rings. The third kappa shape index (κ3) is 2.73. The summed E-state index contributed by atoms with van der Waals surface area (Å²) in [6.45, 7) is 4.53. The first-order chi connectivity index (χ1) is 7.27. The molecule has 2 heteroatoms. The number of likely N-dealkylation sites (tertiary alicyclic amines) is 1. The fraction of sp³-hybridized carbons (Fsp3) is 0.538. The smallest absolute Gasteiger partial charge is 0.0451 e. The number of benzene rings is 1. The highest BCUT2D eigenvalue weighted by molar-refractivity contribution is 6.31. The first-order valence-electron chi connectivity index (χ1n) is 5.75. The molecule has 0 saturated carbocycles. The van der Waals surface area contributed by atoms with Crippen LogP contribution >= 0.6 is 11.6 Å². The summed E-state index contributed by atoms with van der Waals surface area (Å²) in [5.74, 6) is 0. The number of hydrogen-bond donors (Lipinski definition) is 0. The minimum absolute atomic E-state index is 0.704. The van der Waals surface area contributed by atoms with Crippen molar-refractivity contribution < 1.29 is 0 Å². The predicted octanol–water partition coefficient (Wildman–Crippen LogP) is 3.71. The minimum atomic E-state index is 0.704. The van der Waals surface area contributed by atoms with E-state index in [4.69, 9.17) is 11.6 Å². The fourth-order valence-corrected chi connectivity index (χ4v) is 2.43. The number of hydrogen-bond acceptors (Lipinski definition) is 1. The van der Waals surface area contributed by atoms with E-state index >= 15 is 0 Å². The highest BCUT2D eigenvalue weighted by atomic mass is 35.5. The summed E-state index contributed by atoms with van der Waals surface area (Å²) >= 11 is 6.16. The van der Waals surface area contributed by atoms with Gasteiger partial charge in [0.2, 0.25) is 0 Å². The Balaban J connectivity index is 2.04. The second kappa shape index (κ2) is 5.00. The molecule has 1 aliphatic heterocycles. The molecule has 0 N–H and O–H groups in total. The van der Waals surface area contributed by atoms with Crippen LogP contribution in [0.2, 0.25) is 5.02 Å². The topological polar surface area (TPSA) is 3.24 Å². The summed E-state index contributed by atoms with van der Waals surface area (Å²) in [6.07, 6.45) is 4.03. The van der Waals surface area contributed by atoms with Gasteiger partial charge in [-0.15, -0.1) is 0 Å². The maximum Gasteiger partial charge on any atom is 0.0451 e. The van der Waals surface area contributed by atoms with Crippen LogP contribution in [0, 0.1) is 0 Å². The Bertz CT molecular complexity index is 324. The van der Waals surface area contributed by atoms with E-state index in [2.05, 4.69) is 24.0 Å². The summed E-state index contributed by atoms with van der Waals surface area (Å²) < 4.78 is 0.